The van der Waals surface area contributed by atoms with Crippen molar-refractivity contribution in [2.24, 2.45) is 5.92 Å². The molecule has 0 saturated carbocycles. The molecule has 3 aromatic rings. The van der Waals surface area contributed by atoms with Gasteiger partial charge in [-0.2, -0.15) is 5.10 Å². The Bertz CT molecular complexity index is 1240. The Morgan fingerprint density at radius 3 is 2.85 bits per heavy atom. The van der Waals surface area contributed by atoms with Crippen LogP contribution in [0.3, 0.4) is 0 Å². The zero-order valence-electron chi connectivity index (χ0n) is 18.6. The Labute approximate surface area is 197 Å². The van der Waals surface area contributed by atoms with Gasteiger partial charge in [0, 0.05) is 42.7 Å². The lowest BCUT2D eigenvalue weighted by Gasteiger charge is -2.37. The predicted octanol–water partition coefficient (Wildman–Crippen LogP) is 4.64. The van der Waals surface area contributed by atoms with Crippen LogP contribution >= 0.6 is 11.6 Å². The number of likely N-dealkylation sites (tertiary alicyclic amines) is 1. The summed E-state index contributed by atoms with van der Waals surface area (Å²) < 4.78 is 13.9. The van der Waals surface area contributed by atoms with Crippen molar-refractivity contribution in [3.8, 4) is 11.5 Å². The molecule has 3 heterocycles. The molecule has 2 aliphatic heterocycles. The van der Waals surface area contributed by atoms with E-state index in [9.17, 15) is 4.79 Å². The quantitative estimate of drug-likeness (QED) is 0.545. The molecule has 0 amide bonds. The normalized spacial score (nSPS) is 16.3. The minimum atomic E-state index is -0.716. The van der Waals surface area contributed by atoms with Crippen molar-refractivity contribution in [1.29, 1.82) is 0 Å². The van der Waals surface area contributed by atoms with Crippen LogP contribution in [0.25, 0.3) is 17.0 Å². The van der Waals surface area contributed by atoms with Crippen molar-refractivity contribution in [2.45, 2.75) is 26.5 Å². The van der Waals surface area contributed by atoms with Crippen molar-refractivity contribution in [3.63, 3.8) is 0 Å². The third-order valence-electron chi connectivity index (χ3n) is 6.11. The third kappa shape index (κ3) is 4.43. The molecule has 8 heteroatoms. The van der Waals surface area contributed by atoms with Crippen molar-refractivity contribution in [1.82, 2.24) is 14.7 Å². The lowest BCUT2D eigenvalue weighted by molar-refractivity contribution is -0.147. The number of rotatable bonds is 7. The maximum atomic E-state index is 11.0. The molecule has 0 atom stereocenters. The summed E-state index contributed by atoms with van der Waals surface area (Å²) in [6, 6.07) is 12.2. The van der Waals surface area contributed by atoms with Gasteiger partial charge in [-0.05, 0) is 55.3 Å². The first-order chi connectivity index (χ1) is 15.9. The fourth-order valence-electron chi connectivity index (χ4n) is 4.32. The van der Waals surface area contributed by atoms with Crippen LogP contribution in [0.15, 0.2) is 42.0 Å². The number of halogens is 1. The van der Waals surface area contributed by atoms with Crippen LogP contribution in [0.4, 0.5) is 0 Å². The highest BCUT2D eigenvalue weighted by molar-refractivity contribution is 6.34. The van der Waals surface area contributed by atoms with Gasteiger partial charge in [0.2, 0.25) is 0 Å². The Morgan fingerprint density at radius 2 is 2.09 bits per heavy atom. The molecule has 0 unspecified atom stereocenters. The first kappa shape index (κ1) is 21.8. The number of fused-ring (bicyclic) bond motifs is 2. The van der Waals surface area contributed by atoms with E-state index in [2.05, 4.69) is 29.9 Å². The first-order valence-electron chi connectivity index (χ1n) is 11.1. The van der Waals surface area contributed by atoms with Crippen LogP contribution in [0, 0.1) is 5.92 Å². The van der Waals surface area contributed by atoms with E-state index in [1.54, 1.807) is 0 Å². The van der Waals surface area contributed by atoms with Gasteiger partial charge in [-0.3, -0.25) is 14.4 Å². The van der Waals surface area contributed by atoms with Crippen molar-refractivity contribution >= 4 is 34.5 Å². The van der Waals surface area contributed by atoms with Crippen LogP contribution in [-0.2, 0) is 11.4 Å². The highest BCUT2D eigenvalue weighted by Crippen LogP contribution is 2.32. The number of ether oxygens (including phenoxy) is 2. The Kier molecular flexibility index (Phi) is 5.76. The van der Waals surface area contributed by atoms with Gasteiger partial charge in [0.25, 0.3) is 0 Å². The lowest BCUT2D eigenvalue weighted by atomic mass is 9.98. The highest BCUT2D eigenvalue weighted by atomic mass is 35.5. The zero-order chi connectivity index (χ0) is 23.1. The van der Waals surface area contributed by atoms with Gasteiger partial charge < -0.3 is 14.6 Å². The molecule has 172 valence electrons. The molecule has 2 aromatic carbocycles. The second-order valence-electron chi connectivity index (χ2n) is 8.99. The number of carboxylic acids is 1. The average Bonchev–Trinajstić information content (AvgIpc) is 3.10. The Hall–Kier alpha value is -3.03. The molecule has 1 saturated heterocycles. The van der Waals surface area contributed by atoms with Crippen LogP contribution in [0.5, 0.6) is 11.5 Å². The maximum Gasteiger partial charge on any atom is 0.309 e. The molecular weight excluding hydrogens is 442 g/mol. The van der Waals surface area contributed by atoms with Gasteiger partial charge in [0.05, 0.1) is 11.4 Å². The number of nitrogens with zero attached hydrogens (tertiary/aromatic N) is 3. The number of carbonyl (C=O) groups is 1. The molecule has 0 aliphatic carbocycles. The predicted molar refractivity (Wildman–Crippen MR) is 127 cm³/mol. The minimum Gasteiger partial charge on any atom is -0.489 e. The largest absolute Gasteiger partial charge is 0.489 e. The van der Waals surface area contributed by atoms with E-state index < -0.39 is 5.97 Å². The van der Waals surface area contributed by atoms with E-state index >= 15 is 0 Å². The van der Waals surface area contributed by atoms with Crippen molar-refractivity contribution in [3.05, 3.63) is 58.3 Å². The second kappa shape index (κ2) is 8.72. The molecule has 0 bridgehead atoms. The van der Waals surface area contributed by atoms with Crippen LogP contribution < -0.4 is 9.47 Å². The summed E-state index contributed by atoms with van der Waals surface area (Å²) in [6.07, 6.45) is 2.12. The van der Waals surface area contributed by atoms with Gasteiger partial charge >= 0.3 is 5.97 Å². The summed E-state index contributed by atoms with van der Waals surface area (Å²) >= 11 is 6.34. The molecule has 0 spiro atoms. The maximum absolute atomic E-state index is 11.0. The van der Waals surface area contributed by atoms with Gasteiger partial charge in [-0.15, -0.1) is 0 Å². The summed E-state index contributed by atoms with van der Waals surface area (Å²) in [6.45, 7) is 7.01. The number of hydrogen-bond donors (Lipinski definition) is 1. The highest BCUT2D eigenvalue weighted by Gasteiger charge is 2.32. The molecule has 2 aliphatic rings. The molecule has 1 aromatic heterocycles. The molecule has 1 N–H and O–H groups in total. The third-order valence-corrected chi connectivity index (χ3v) is 6.39. The van der Waals surface area contributed by atoms with Crippen molar-refractivity contribution < 1.29 is 19.4 Å². The average molecular weight is 468 g/mol. The minimum absolute atomic E-state index is 0.236. The zero-order valence-corrected chi connectivity index (χ0v) is 19.4. The molecular formula is C25H26ClN3O4. The second-order valence-corrected chi connectivity index (χ2v) is 9.35. The van der Waals surface area contributed by atoms with Gasteiger partial charge in [0.15, 0.2) is 5.15 Å². The number of aliphatic carboxylic acids is 1. The fraction of sp³-hybridized carbons (Fsp3) is 0.360. The van der Waals surface area contributed by atoms with Gasteiger partial charge in [0.1, 0.15) is 24.7 Å². The number of carboxylic acid groups (broad SMARTS) is 1. The summed E-state index contributed by atoms with van der Waals surface area (Å²) in [4.78, 5) is 13.1. The van der Waals surface area contributed by atoms with Crippen LogP contribution in [0.1, 0.15) is 31.0 Å². The molecule has 5 rings (SSSR count). The Balaban J connectivity index is 1.23. The van der Waals surface area contributed by atoms with E-state index in [1.165, 1.54) is 0 Å². The topological polar surface area (TPSA) is 76.8 Å². The van der Waals surface area contributed by atoms with Gasteiger partial charge in [-0.25, -0.2) is 0 Å². The standard InChI is InChI=1S/C25H26ClN3O4/c1-15(2)29-22-6-3-16(8-21(22)24(26)27-29)13-32-20-5-4-18-7-17(14-33-23(18)9-20)10-28-11-19(12-28)25(30)31/h3-9,15,19H,10-14H2,1-2H3,(H,30,31). The van der Waals surface area contributed by atoms with Crippen LogP contribution in [-0.4, -0.2) is 52.0 Å². The van der Waals surface area contributed by atoms with E-state index in [0.717, 1.165) is 45.6 Å². The fourth-order valence-corrected chi connectivity index (χ4v) is 4.55. The molecule has 0 radical (unpaired) electrons. The number of hydrogen-bond acceptors (Lipinski definition) is 5. The number of aromatic nitrogens is 2. The summed E-state index contributed by atoms with van der Waals surface area (Å²) in [5.41, 5.74) is 4.18. The first-order valence-corrected chi connectivity index (χ1v) is 11.5. The Morgan fingerprint density at radius 1 is 1.27 bits per heavy atom. The summed E-state index contributed by atoms with van der Waals surface area (Å²) in [5, 5.41) is 14.9. The van der Waals surface area contributed by atoms with Crippen molar-refractivity contribution in [2.75, 3.05) is 26.2 Å². The van der Waals surface area contributed by atoms with E-state index in [4.69, 9.17) is 26.2 Å². The SMILES string of the molecule is CC(C)n1nc(Cl)c2cc(COc3ccc4c(c3)OCC(CN3CC(C(=O)O)C3)=C4)ccc21. The summed E-state index contributed by atoms with van der Waals surface area (Å²) in [5.74, 6) is 0.568. The van der Waals surface area contributed by atoms with E-state index in [-0.39, 0.29) is 12.0 Å². The van der Waals surface area contributed by atoms with E-state index in [0.29, 0.717) is 31.5 Å². The molecule has 7 nitrogen and oxygen atoms in total. The number of benzene rings is 2. The molecule has 1 fully saturated rings. The smallest absolute Gasteiger partial charge is 0.309 e. The van der Waals surface area contributed by atoms with Crippen LogP contribution in [0.2, 0.25) is 5.15 Å². The van der Waals surface area contributed by atoms with Gasteiger partial charge in [-0.1, -0.05) is 17.7 Å². The lowest BCUT2D eigenvalue weighted by Crippen LogP contribution is -2.51. The van der Waals surface area contributed by atoms with E-state index in [1.807, 2.05) is 41.1 Å². The monoisotopic (exact) mass is 467 g/mol. The summed E-state index contributed by atoms with van der Waals surface area (Å²) in [7, 11) is 0. The molecule has 33 heavy (non-hydrogen) atoms.